The molecule has 3 aromatic heterocycles. The number of aryl methyl sites for hydroxylation is 1. The molecule has 0 radical (unpaired) electrons. The van der Waals surface area contributed by atoms with Crippen molar-refractivity contribution in [2.24, 2.45) is 0 Å². The molecule has 0 aliphatic heterocycles. The summed E-state index contributed by atoms with van der Waals surface area (Å²) in [6, 6.07) is 3.56. The van der Waals surface area contributed by atoms with Crippen molar-refractivity contribution in [1.82, 2.24) is 19.5 Å². The van der Waals surface area contributed by atoms with Gasteiger partial charge in [-0.3, -0.25) is 4.57 Å². The standard InChI is InChI=1S/C12H13N5O2/c1-7-5-14-10(19-7)6-17-11-8(15-12(17)13)3-4-9(16-11)18-2/h3-5H,6H2,1-2H3,(H2,13,15). The van der Waals surface area contributed by atoms with Crippen LogP contribution in [0.1, 0.15) is 11.7 Å². The lowest BCUT2D eigenvalue weighted by Crippen LogP contribution is -2.05. The predicted molar refractivity (Wildman–Crippen MR) is 68.8 cm³/mol. The lowest BCUT2D eigenvalue weighted by Gasteiger charge is -2.03. The maximum atomic E-state index is 5.90. The summed E-state index contributed by atoms with van der Waals surface area (Å²) in [7, 11) is 1.57. The van der Waals surface area contributed by atoms with Crippen LogP contribution in [0.2, 0.25) is 0 Å². The smallest absolute Gasteiger partial charge is 0.215 e. The van der Waals surface area contributed by atoms with Gasteiger partial charge in [0.2, 0.25) is 17.7 Å². The highest BCUT2D eigenvalue weighted by molar-refractivity contribution is 5.74. The molecule has 3 aromatic rings. The van der Waals surface area contributed by atoms with Gasteiger partial charge in [0.25, 0.3) is 0 Å². The van der Waals surface area contributed by atoms with Crippen LogP contribution in [-0.4, -0.2) is 26.6 Å². The second-order valence-electron chi connectivity index (χ2n) is 4.12. The van der Waals surface area contributed by atoms with Crippen LogP contribution < -0.4 is 10.5 Å². The number of methoxy groups -OCH3 is 1. The van der Waals surface area contributed by atoms with E-state index in [4.69, 9.17) is 14.9 Å². The van der Waals surface area contributed by atoms with Gasteiger partial charge in [-0.2, -0.15) is 4.98 Å². The predicted octanol–water partition coefficient (Wildman–Crippen LogP) is 1.37. The van der Waals surface area contributed by atoms with Crippen LogP contribution in [0.3, 0.4) is 0 Å². The number of hydrogen-bond donors (Lipinski definition) is 1. The van der Waals surface area contributed by atoms with E-state index in [1.807, 2.05) is 13.0 Å². The molecule has 7 heteroatoms. The molecule has 0 aromatic carbocycles. The molecule has 0 unspecified atom stereocenters. The van der Waals surface area contributed by atoms with Gasteiger partial charge < -0.3 is 14.9 Å². The molecule has 98 valence electrons. The maximum absolute atomic E-state index is 5.90. The van der Waals surface area contributed by atoms with E-state index >= 15 is 0 Å². The van der Waals surface area contributed by atoms with E-state index in [2.05, 4.69) is 15.0 Å². The molecular weight excluding hydrogens is 246 g/mol. The van der Waals surface area contributed by atoms with Crippen LogP contribution in [0.25, 0.3) is 11.2 Å². The van der Waals surface area contributed by atoms with E-state index in [-0.39, 0.29) is 0 Å². The Labute approximate surface area is 109 Å². The van der Waals surface area contributed by atoms with Crippen molar-refractivity contribution in [2.45, 2.75) is 13.5 Å². The fourth-order valence-corrected chi connectivity index (χ4v) is 1.88. The summed E-state index contributed by atoms with van der Waals surface area (Å²) in [4.78, 5) is 12.7. The minimum absolute atomic E-state index is 0.367. The molecular formula is C12H13N5O2. The number of aromatic nitrogens is 4. The summed E-state index contributed by atoms with van der Waals surface area (Å²) in [5.74, 6) is 2.19. The van der Waals surface area contributed by atoms with Crippen LogP contribution in [-0.2, 0) is 6.54 Å². The summed E-state index contributed by atoms with van der Waals surface area (Å²) in [6.45, 7) is 2.23. The first-order valence-corrected chi connectivity index (χ1v) is 5.75. The van der Waals surface area contributed by atoms with Crippen molar-refractivity contribution in [2.75, 3.05) is 12.8 Å². The summed E-state index contributed by atoms with van der Waals surface area (Å²) in [5, 5.41) is 0. The van der Waals surface area contributed by atoms with Crippen molar-refractivity contribution in [3.05, 3.63) is 30.0 Å². The number of oxazole rings is 1. The molecule has 2 N–H and O–H groups in total. The zero-order chi connectivity index (χ0) is 13.4. The molecule has 0 bridgehead atoms. The first kappa shape index (κ1) is 11.5. The Morgan fingerprint density at radius 3 is 2.89 bits per heavy atom. The monoisotopic (exact) mass is 259 g/mol. The van der Waals surface area contributed by atoms with Crippen molar-refractivity contribution >= 4 is 17.1 Å². The number of rotatable bonds is 3. The average molecular weight is 259 g/mol. The maximum Gasteiger partial charge on any atom is 0.215 e. The van der Waals surface area contributed by atoms with Crippen LogP contribution in [0.15, 0.2) is 22.7 Å². The number of ether oxygens (including phenoxy) is 1. The molecule has 7 nitrogen and oxygen atoms in total. The molecule has 0 aliphatic carbocycles. The van der Waals surface area contributed by atoms with Gasteiger partial charge >= 0.3 is 0 Å². The second-order valence-corrected chi connectivity index (χ2v) is 4.12. The van der Waals surface area contributed by atoms with Gasteiger partial charge in [-0.1, -0.05) is 0 Å². The Balaban J connectivity index is 2.08. The van der Waals surface area contributed by atoms with E-state index in [0.29, 0.717) is 35.4 Å². The summed E-state index contributed by atoms with van der Waals surface area (Å²) in [6.07, 6.45) is 1.67. The van der Waals surface area contributed by atoms with Crippen LogP contribution in [0.5, 0.6) is 5.88 Å². The SMILES string of the molecule is COc1ccc2nc(N)n(Cc3ncc(C)o3)c2n1. The summed E-state index contributed by atoms with van der Waals surface area (Å²) >= 11 is 0. The topological polar surface area (TPSA) is 92.0 Å². The molecule has 0 spiro atoms. The number of pyridine rings is 1. The Morgan fingerprint density at radius 1 is 1.37 bits per heavy atom. The van der Waals surface area contributed by atoms with Crippen molar-refractivity contribution in [1.29, 1.82) is 0 Å². The Kier molecular flexibility index (Phi) is 2.59. The normalized spacial score (nSPS) is 11.1. The lowest BCUT2D eigenvalue weighted by molar-refractivity contribution is 0.398. The lowest BCUT2D eigenvalue weighted by atomic mass is 10.4. The van der Waals surface area contributed by atoms with Crippen LogP contribution in [0, 0.1) is 6.92 Å². The molecule has 0 atom stereocenters. The van der Waals surface area contributed by atoms with Gasteiger partial charge in [0, 0.05) is 6.07 Å². The minimum atomic E-state index is 0.367. The fraction of sp³-hybridized carbons (Fsp3) is 0.250. The average Bonchev–Trinajstić information content (AvgIpc) is 2.94. The largest absolute Gasteiger partial charge is 0.481 e. The van der Waals surface area contributed by atoms with Crippen molar-refractivity contribution in [3.8, 4) is 5.88 Å². The number of imidazole rings is 1. The van der Waals surface area contributed by atoms with E-state index in [1.54, 1.807) is 23.9 Å². The molecule has 3 heterocycles. The second kappa shape index (κ2) is 4.27. The van der Waals surface area contributed by atoms with Crippen LogP contribution in [0.4, 0.5) is 5.95 Å². The number of nitrogens with two attached hydrogens (primary N) is 1. The van der Waals surface area contributed by atoms with Gasteiger partial charge in [0.15, 0.2) is 5.65 Å². The third-order valence-electron chi connectivity index (χ3n) is 2.77. The minimum Gasteiger partial charge on any atom is -0.481 e. The Hall–Kier alpha value is -2.57. The Bertz CT molecular complexity index is 731. The van der Waals surface area contributed by atoms with E-state index in [1.165, 1.54) is 0 Å². The number of anilines is 1. The van der Waals surface area contributed by atoms with Crippen molar-refractivity contribution < 1.29 is 9.15 Å². The molecule has 0 fully saturated rings. The third kappa shape index (κ3) is 1.99. The van der Waals surface area contributed by atoms with Gasteiger partial charge in [-0.15, -0.1) is 0 Å². The first-order chi connectivity index (χ1) is 9.17. The number of nitrogens with zero attached hydrogens (tertiary/aromatic N) is 4. The molecule has 0 aliphatic rings. The molecule has 0 saturated carbocycles. The van der Waals surface area contributed by atoms with Crippen molar-refractivity contribution in [3.63, 3.8) is 0 Å². The quantitative estimate of drug-likeness (QED) is 0.763. The highest BCUT2D eigenvalue weighted by Crippen LogP contribution is 2.20. The third-order valence-corrected chi connectivity index (χ3v) is 2.77. The first-order valence-electron chi connectivity index (χ1n) is 5.75. The van der Waals surface area contributed by atoms with E-state index in [0.717, 1.165) is 5.76 Å². The molecule has 0 saturated heterocycles. The van der Waals surface area contributed by atoms with Gasteiger partial charge in [-0.05, 0) is 13.0 Å². The van der Waals surface area contributed by atoms with Gasteiger partial charge in [0.1, 0.15) is 17.8 Å². The number of nitrogen functional groups attached to an aromatic ring is 1. The highest BCUT2D eigenvalue weighted by atomic mass is 16.5. The highest BCUT2D eigenvalue weighted by Gasteiger charge is 2.13. The number of fused-ring (bicyclic) bond motifs is 1. The van der Waals surface area contributed by atoms with Crippen LogP contribution >= 0.6 is 0 Å². The fourth-order valence-electron chi connectivity index (χ4n) is 1.88. The molecule has 19 heavy (non-hydrogen) atoms. The molecule has 0 amide bonds. The van der Waals surface area contributed by atoms with Gasteiger partial charge in [-0.25, -0.2) is 9.97 Å². The van der Waals surface area contributed by atoms with E-state index < -0.39 is 0 Å². The molecule has 3 rings (SSSR count). The Morgan fingerprint density at radius 2 is 2.21 bits per heavy atom. The summed E-state index contributed by atoms with van der Waals surface area (Å²) < 4.78 is 12.3. The zero-order valence-electron chi connectivity index (χ0n) is 10.6. The zero-order valence-corrected chi connectivity index (χ0v) is 10.6. The number of hydrogen-bond acceptors (Lipinski definition) is 6. The van der Waals surface area contributed by atoms with Gasteiger partial charge in [0.05, 0.1) is 13.3 Å². The van der Waals surface area contributed by atoms with E-state index in [9.17, 15) is 0 Å². The summed E-state index contributed by atoms with van der Waals surface area (Å²) in [5.41, 5.74) is 7.26.